The van der Waals surface area contributed by atoms with Gasteiger partial charge in [0, 0.05) is 16.2 Å². The average molecular weight is 428 g/mol. The van der Waals surface area contributed by atoms with E-state index in [0.29, 0.717) is 16.2 Å². The number of hydrogen-bond acceptors (Lipinski definition) is 6. The zero-order chi connectivity index (χ0) is 20.6. The number of hydrogen-bond donors (Lipinski definition) is 0. The fourth-order valence-corrected chi connectivity index (χ4v) is 4.66. The molecule has 2 amide bonds. The molecule has 1 aliphatic rings. The highest BCUT2D eigenvalue weighted by Gasteiger charge is 2.39. The van der Waals surface area contributed by atoms with Crippen molar-refractivity contribution in [2.24, 2.45) is 0 Å². The van der Waals surface area contributed by atoms with Gasteiger partial charge in [0.1, 0.15) is 5.78 Å². The lowest BCUT2D eigenvalue weighted by atomic mass is 10.3. The van der Waals surface area contributed by atoms with Gasteiger partial charge in [0.2, 0.25) is 0 Å². The van der Waals surface area contributed by atoms with Crippen LogP contribution in [0.3, 0.4) is 0 Å². The van der Waals surface area contributed by atoms with Crippen LogP contribution in [0.1, 0.15) is 13.3 Å². The fourth-order valence-electron chi connectivity index (χ4n) is 2.60. The Hall–Kier alpha value is -2.35. The van der Waals surface area contributed by atoms with Crippen molar-refractivity contribution in [2.75, 3.05) is 19.8 Å². The molecule has 0 atom stereocenters. The first kappa shape index (κ1) is 21.4. The standard InChI is InChI=1S/C22H21NO4S2/c1-16(24)12-14-27-15-13-23-21(25)19(28-17-8-4-2-5-9-17)20(22(23)26)29-18-10-6-3-7-11-18/h2-11H,12-15H2,1H3. The fraction of sp³-hybridized carbons (Fsp3) is 0.227. The van der Waals surface area contributed by atoms with Gasteiger partial charge in [-0.25, -0.2) is 0 Å². The number of thioether (sulfide) groups is 2. The maximum absolute atomic E-state index is 13.0. The molecule has 2 aromatic carbocycles. The number of amides is 2. The van der Waals surface area contributed by atoms with Crippen molar-refractivity contribution in [1.82, 2.24) is 4.90 Å². The summed E-state index contributed by atoms with van der Waals surface area (Å²) in [5.74, 6) is -0.571. The van der Waals surface area contributed by atoms with Crippen LogP contribution in [0.5, 0.6) is 0 Å². The lowest BCUT2D eigenvalue weighted by Gasteiger charge is -2.15. The molecule has 1 aliphatic heterocycles. The van der Waals surface area contributed by atoms with Gasteiger partial charge < -0.3 is 4.74 Å². The normalized spacial score (nSPS) is 14.0. The Balaban J connectivity index is 1.75. The molecule has 0 unspecified atom stereocenters. The maximum Gasteiger partial charge on any atom is 0.268 e. The molecule has 150 valence electrons. The molecule has 1 heterocycles. The highest BCUT2D eigenvalue weighted by Crippen LogP contribution is 2.42. The van der Waals surface area contributed by atoms with Gasteiger partial charge in [0.25, 0.3) is 11.8 Å². The first-order valence-electron chi connectivity index (χ1n) is 9.19. The second kappa shape index (κ2) is 10.4. The van der Waals surface area contributed by atoms with E-state index in [9.17, 15) is 14.4 Å². The molecule has 3 rings (SSSR count). The lowest BCUT2D eigenvalue weighted by Crippen LogP contribution is -2.34. The monoisotopic (exact) mass is 427 g/mol. The Morgan fingerprint density at radius 1 is 0.828 bits per heavy atom. The number of Topliss-reactive ketones (excluding diaryl/α,β-unsaturated/α-hetero) is 1. The number of imide groups is 1. The van der Waals surface area contributed by atoms with Crippen molar-refractivity contribution in [2.45, 2.75) is 23.1 Å². The summed E-state index contributed by atoms with van der Waals surface area (Å²) in [7, 11) is 0. The van der Waals surface area contributed by atoms with Crippen LogP contribution in [-0.4, -0.2) is 42.3 Å². The van der Waals surface area contributed by atoms with Crippen molar-refractivity contribution in [3.8, 4) is 0 Å². The molecule has 7 heteroatoms. The Kier molecular flexibility index (Phi) is 7.69. The van der Waals surface area contributed by atoms with Crippen LogP contribution in [0.25, 0.3) is 0 Å². The molecule has 0 aromatic heterocycles. The van der Waals surface area contributed by atoms with Gasteiger partial charge in [0.05, 0.1) is 29.6 Å². The number of benzene rings is 2. The molecule has 2 aromatic rings. The molecule has 5 nitrogen and oxygen atoms in total. The summed E-state index contributed by atoms with van der Waals surface area (Å²) >= 11 is 2.61. The maximum atomic E-state index is 13.0. The first-order valence-corrected chi connectivity index (χ1v) is 10.8. The lowest BCUT2D eigenvalue weighted by molar-refractivity contribution is -0.138. The average Bonchev–Trinajstić information content (AvgIpc) is 2.93. The van der Waals surface area contributed by atoms with Gasteiger partial charge >= 0.3 is 0 Å². The van der Waals surface area contributed by atoms with E-state index in [4.69, 9.17) is 4.74 Å². The minimum Gasteiger partial charge on any atom is -0.379 e. The quantitative estimate of drug-likeness (QED) is 0.419. The van der Waals surface area contributed by atoms with Crippen molar-refractivity contribution in [3.05, 3.63) is 70.5 Å². The minimum atomic E-state index is -0.308. The highest BCUT2D eigenvalue weighted by molar-refractivity contribution is 8.08. The second-order valence-electron chi connectivity index (χ2n) is 6.31. The molecule has 0 bridgehead atoms. The predicted molar refractivity (Wildman–Crippen MR) is 114 cm³/mol. The molecule has 0 saturated carbocycles. The van der Waals surface area contributed by atoms with Crippen LogP contribution in [0.4, 0.5) is 0 Å². The molecular formula is C22H21NO4S2. The molecule has 0 radical (unpaired) electrons. The van der Waals surface area contributed by atoms with Crippen molar-refractivity contribution >= 4 is 41.1 Å². The van der Waals surface area contributed by atoms with Crippen LogP contribution in [0.15, 0.2) is 80.3 Å². The smallest absolute Gasteiger partial charge is 0.268 e. The molecule has 0 fully saturated rings. The van der Waals surface area contributed by atoms with E-state index in [1.165, 1.54) is 35.3 Å². The summed E-state index contributed by atoms with van der Waals surface area (Å²) in [4.78, 5) is 40.9. The SMILES string of the molecule is CC(=O)CCOCCN1C(=O)C(Sc2ccccc2)=C(Sc2ccccc2)C1=O. The number of rotatable bonds is 10. The number of ether oxygens (including phenoxy) is 1. The molecule has 29 heavy (non-hydrogen) atoms. The van der Waals surface area contributed by atoms with E-state index in [2.05, 4.69) is 0 Å². The zero-order valence-electron chi connectivity index (χ0n) is 16.0. The molecule has 0 N–H and O–H groups in total. The van der Waals surface area contributed by atoms with Gasteiger partial charge in [-0.15, -0.1) is 0 Å². The van der Waals surface area contributed by atoms with E-state index >= 15 is 0 Å². The van der Waals surface area contributed by atoms with Crippen molar-refractivity contribution < 1.29 is 19.1 Å². The summed E-state index contributed by atoms with van der Waals surface area (Å²) < 4.78 is 5.41. The van der Waals surface area contributed by atoms with Crippen LogP contribution < -0.4 is 0 Å². The summed E-state index contributed by atoms with van der Waals surface area (Å²) in [6.07, 6.45) is 0.324. The number of ketones is 1. The minimum absolute atomic E-state index is 0.0445. The Morgan fingerprint density at radius 3 is 1.76 bits per heavy atom. The number of carbonyl (C=O) groups is 3. The Bertz CT molecular complexity index is 849. The van der Waals surface area contributed by atoms with E-state index < -0.39 is 0 Å². The van der Waals surface area contributed by atoms with Crippen molar-refractivity contribution in [1.29, 1.82) is 0 Å². The second-order valence-corrected chi connectivity index (χ2v) is 8.48. The Labute approximate surface area is 178 Å². The van der Waals surface area contributed by atoms with Crippen LogP contribution in [0.2, 0.25) is 0 Å². The first-order chi connectivity index (χ1) is 14.1. The number of nitrogens with zero attached hydrogens (tertiary/aromatic N) is 1. The van der Waals surface area contributed by atoms with E-state index in [1.807, 2.05) is 60.7 Å². The number of carbonyl (C=O) groups excluding carboxylic acids is 3. The molecular weight excluding hydrogens is 406 g/mol. The molecule has 0 spiro atoms. The van der Waals surface area contributed by atoms with Gasteiger partial charge in [-0.3, -0.25) is 19.3 Å². The van der Waals surface area contributed by atoms with Crippen LogP contribution >= 0.6 is 23.5 Å². The van der Waals surface area contributed by atoms with Gasteiger partial charge in [-0.05, 0) is 31.2 Å². The summed E-state index contributed by atoms with van der Waals surface area (Å²) in [6.45, 7) is 2.15. The third-order valence-electron chi connectivity index (χ3n) is 4.07. The predicted octanol–water partition coefficient (Wildman–Crippen LogP) is 4.15. The van der Waals surface area contributed by atoms with Crippen LogP contribution in [0, 0.1) is 0 Å². The largest absolute Gasteiger partial charge is 0.379 e. The molecule has 0 aliphatic carbocycles. The van der Waals surface area contributed by atoms with E-state index in [1.54, 1.807) is 0 Å². The Morgan fingerprint density at radius 2 is 1.31 bits per heavy atom. The van der Waals surface area contributed by atoms with Gasteiger partial charge in [0.15, 0.2) is 0 Å². The third-order valence-corrected chi connectivity index (χ3v) is 6.38. The summed E-state index contributed by atoms with van der Waals surface area (Å²) in [6, 6.07) is 19.0. The summed E-state index contributed by atoms with van der Waals surface area (Å²) in [5.41, 5.74) is 0. The van der Waals surface area contributed by atoms with Crippen molar-refractivity contribution in [3.63, 3.8) is 0 Å². The molecule has 0 saturated heterocycles. The summed E-state index contributed by atoms with van der Waals surface area (Å²) in [5, 5.41) is 0. The van der Waals surface area contributed by atoms with Gasteiger partial charge in [-0.1, -0.05) is 59.9 Å². The third kappa shape index (κ3) is 5.82. The van der Waals surface area contributed by atoms with E-state index in [0.717, 1.165) is 9.79 Å². The van der Waals surface area contributed by atoms with Crippen LogP contribution in [-0.2, 0) is 19.1 Å². The van der Waals surface area contributed by atoms with E-state index in [-0.39, 0.29) is 37.4 Å². The topological polar surface area (TPSA) is 63.7 Å². The zero-order valence-corrected chi connectivity index (χ0v) is 17.6. The highest BCUT2D eigenvalue weighted by atomic mass is 32.2. The van der Waals surface area contributed by atoms with Gasteiger partial charge in [-0.2, -0.15) is 0 Å².